The largest absolute Gasteiger partial charge is 0.297 e. The molecule has 2 bridgehead atoms. The maximum Gasteiger partial charge on any atom is 0.0150 e. The second-order valence-corrected chi connectivity index (χ2v) is 4.45. The van der Waals surface area contributed by atoms with Crippen molar-refractivity contribution in [1.29, 1.82) is 0 Å². The molecule has 1 nitrogen and oxygen atoms in total. The highest BCUT2D eigenvalue weighted by Crippen LogP contribution is 2.47. The molecule has 2 saturated heterocycles. The predicted molar refractivity (Wildman–Crippen MR) is 47.5 cm³/mol. The standard InChI is InChI=1S/C10H19N/c1-4-11-9-5-8(6-9)10(11)7(2)3/h7-10H,4-6H2,1-3H3. The minimum absolute atomic E-state index is 0.868. The van der Waals surface area contributed by atoms with E-state index in [0.717, 1.165) is 23.9 Å². The molecule has 1 saturated carbocycles. The van der Waals surface area contributed by atoms with Crippen molar-refractivity contribution in [2.45, 2.75) is 45.7 Å². The summed E-state index contributed by atoms with van der Waals surface area (Å²) >= 11 is 0. The van der Waals surface area contributed by atoms with E-state index in [2.05, 4.69) is 25.7 Å². The SMILES string of the molecule is CCN1C2CC(C2)C1C(C)C. The Kier molecular flexibility index (Phi) is 1.71. The van der Waals surface area contributed by atoms with Crippen molar-refractivity contribution in [3.63, 3.8) is 0 Å². The summed E-state index contributed by atoms with van der Waals surface area (Å²) in [7, 11) is 0. The third kappa shape index (κ3) is 0.936. The highest BCUT2D eigenvalue weighted by Gasteiger charge is 2.50. The summed E-state index contributed by atoms with van der Waals surface area (Å²) in [5, 5.41) is 0. The molecule has 0 spiro atoms. The van der Waals surface area contributed by atoms with Crippen LogP contribution in [0.4, 0.5) is 0 Å². The van der Waals surface area contributed by atoms with E-state index >= 15 is 0 Å². The Bertz CT molecular complexity index is 147. The molecule has 0 aromatic carbocycles. The fourth-order valence-electron chi connectivity index (χ4n) is 3.09. The zero-order valence-electron chi connectivity index (χ0n) is 7.88. The van der Waals surface area contributed by atoms with Crippen molar-refractivity contribution in [2.24, 2.45) is 11.8 Å². The first-order chi connectivity index (χ1) is 5.24. The minimum atomic E-state index is 0.868. The molecule has 64 valence electrons. The molecule has 0 N–H and O–H groups in total. The Labute approximate surface area is 69.8 Å². The fraction of sp³-hybridized carbons (Fsp3) is 1.00. The molecule has 3 rings (SSSR count). The Balaban J connectivity index is 2.07. The van der Waals surface area contributed by atoms with E-state index in [1.165, 1.54) is 19.4 Å². The van der Waals surface area contributed by atoms with Crippen LogP contribution in [0.3, 0.4) is 0 Å². The summed E-state index contributed by atoms with van der Waals surface area (Å²) in [5.74, 6) is 1.92. The molecule has 2 aliphatic heterocycles. The van der Waals surface area contributed by atoms with E-state index in [9.17, 15) is 0 Å². The van der Waals surface area contributed by atoms with Crippen molar-refractivity contribution < 1.29 is 0 Å². The van der Waals surface area contributed by atoms with Crippen molar-refractivity contribution in [3.8, 4) is 0 Å². The first-order valence-electron chi connectivity index (χ1n) is 4.99. The van der Waals surface area contributed by atoms with Gasteiger partial charge in [-0.05, 0) is 31.2 Å². The van der Waals surface area contributed by atoms with Gasteiger partial charge >= 0.3 is 0 Å². The van der Waals surface area contributed by atoms with Gasteiger partial charge in [-0.25, -0.2) is 0 Å². The topological polar surface area (TPSA) is 3.24 Å². The van der Waals surface area contributed by atoms with Crippen molar-refractivity contribution >= 4 is 0 Å². The summed E-state index contributed by atoms with van der Waals surface area (Å²) in [6.45, 7) is 8.31. The van der Waals surface area contributed by atoms with E-state index in [1.54, 1.807) is 0 Å². The molecule has 0 radical (unpaired) electrons. The van der Waals surface area contributed by atoms with E-state index in [1.807, 2.05) is 0 Å². The van der Waals surface area contributed by atoms with Crippen LogP contribution in [0.25, 0.3) is 0 Å². The fourth-order valence-corrected chi connectivity index (χ4v) is 3.09. The smallest absolute Gasteiger partial charge is 0.0150 e. The zero-order chi connectivity index (χ0) is 8.01. The Morgan fingerprint density at radius 3 is 2.36 bits per heavy atom. The van der Waals surface area contributed by atoms with E-state index in [0.29, 0.717) is 0 Å². The Morgan fingerprint density at radius 1 is 1.36 bits per heavy atom. The molecule has 11 heavy (non-hydrogen) atoms. The summed E-state index contributed by atoms with van der Waals surface area (Å²) < 4.78 is 0. The summed E-state index contributed by atoms with van der Waals surface area (Å²) in [6, 6.07) is 1.89. The van der Waals surface area contributed by atoms with Crippen molar-refractivity contribution in [3.05, 3.63) is 0 Å². The van der Waals surface area contributed by atoms with E-state index in [4.69, 9.17) is 0 Å². The molecule has 2 heterocycles. The number of nitrogens with zero attached hydrogens (tertiary/aromatic N) is 1. The van der Waals surface area contributed by atoms with E-state index in [-0.39, 0.29) is 0 Å². The molecule has 0 aromatic rings. The predicted octanol–water partition coefficient (Wildman–Crippen LogP) is 2.13. The van der Waals surface area contributed by atoms with Gasteiger partial charge in [0.1, 0.15) is 0 Å². The van der Waals surface area contributed by atoms with Gasteiger partial charge in [-0.1, -0.05) is 20.8 Å². The highest BCUT2D eigenvalue weighted by atomic mass is 15.2. The minimum Gasteiger partial charge on any atom is -0.297 e. The van der Waals surface area contributed by atoms with Gasteiger partial charge in [0.05, 0.1) is 0 Å². The number of hydrogen-bond donors (Lipinski definition) is 0. The monoisotopic (exact) mass is 153 g/mol. The van der Waals surface area contributed by atoms with Crippen LogP contribution in [0.1, 0.15) is 33.6 Å². The van der Waals surface area contributed by atoms with Crippen molar-refractivity contribution in [2.75, 3.05) is 6.54 Å². The van der Waals surface area contributed by atoms with Gasteiger partial charge in [0.15, 0.2) is 0 Å². The number of rotatable bonds is 2. The molecule has 1 unspecified atom stereocenters. The second-order valence-electron chi connectivity index (χ2n) is 4.45. The third-order valence-corrected chi connectivity index (χ3v) is 3.53. The van der Waals surface area contributed by atoms with Crippen LogP contribution >= 0.6 is 0 Å². The van der Waals surface area contributed by atoms with Crippen LogP contribution in [-0.4, -0.2) is 23.5 Å². The lowest BCUT2D eigenvalue weighted by molar-refractivity contribution is 0.204. The lowest BCUT2D eigenvalue weighted by atomic mass is 9.80. The number of hydrogen-bond acceptors (Lipinski definition) is 1. The molecule has 1 heteroatoms. The average molecular weight is 153 g/mol. The van der Waals surface area contributed by atoms with Gasteiger partial charge in [-0.2, -0.15) is 0 Å². The first-order valence-corrected chi connectivity index (χ1v) is 4.99. The molecule has 1 aliphatic carbocycles. The van der Waals surface area contributed by atoms with Crippen LogP contribution in [0.5, 0.6) is 0 Å². The second kappa shape index (κ2) is 2.48. The highest BCUT2D eigenvalue weighted by molar-refractivity contribution is 5.04. The Morgan fingerprint density at radius 2 is 2.00 bits per heavy atom. The van der Waals surface area contributed by atoms with Gasteiger partial charge in [0, 0.05) is 12.1 Å². The van der Waals surface area contributed by atoms with Gasteiger partial charge in [0.2, 0.25) is 0 Å². The average Bonchev–Trinajstić information content (AvgIpc) is 2.35. The van der Waals surface area contributed by atoms with Crippen LogP contribution in [0, 0.1) is 11.8 Å². The zero-order valence-corrected chi connectivity index (χ0v) is 7.88. The molecule has 0 aromatic heterocycles. The van der Waals surface area contributed by atoms with Crippen molar-refractivity contribution in [1.82, 2.24) is 4.90 Å². The maximum absolute atomic E-state index is 2.72. The van der Waals surface area contributed by atoms with Gasteiger partial charge in [-0.15, -0.1) is 0 Å². The molecule has 3 aliphatic rings. The quantitative estimate of drug-likeness (QED) is 0.587. The molecular formula is C10H19N. The van der Waals surface area contributed by atoms with Gasteiger partial charge in [-0.3, -0.25) is 4.90 Å². The molecule has 0 amide bonds. The summed E-state index contributed by atoms with van der Waals surface area (Å²) in [5.41, 5.74) is 0. The maximum atomic E-state index is 2.72. The first kappa shape index (κ1) is 7.60. The summed E-state index contributed by atoms with van der Waals surface area (Å²) in [6.07, 6.45) is 2.99. The lowest BCUT2D eigenvalue weighted by Crippen LogP contribution is -2.34. The van der Waals surface area contributed by atoms with Gasteiger partial charge < -0.3 is 0 Å². The Hall–Kier alpha value is -0.0400. The molecular weight excluding hydrogens is 134 g/mol. The van der Waals surface area contributed by atoms with Crippen LogP contribution < -0.4 is 0 Å². The van der Waals surface area contributed by atoms with Crippen LogP contribution in [0.2, 0.25) is 0 Å². The lowest BCUT2D eigenvalue weighted by Gasteiger charge is -2.25. The van der Waals surface area contributed by atoms with Gasteiger partial charge in [0.25, 0.3) is 0 Å². The molecule has 1 atom stereocenters. The molecule has 3 fully saturated rings. The van der Waals surface area contributed by atoms with E-state index < -0.39 is 0 Å². The normalized spacial score (nSPS) is 43.1. The summed E-state index contributed by atoms with van der Waals surface area (Å²) in [4.78, 5) is 2.72. The van der Waals surface area contributed by atoms with Crippen LogP contribution in [-0.2, 0) is 0 Å². The van der Waals surface area contributed by atoms with Crippen LogP contribution in [0.15, 0.2) is 0 Å². The number of fused-ring (bicyclic) bond motifs is 1. The third-order valence-electron chi connectivity index (χ3n) is 3.53.